The average molecular weight is 255 g/mol. The Morgan fingerprint density at radius 3 is 2.33 bits per heavy atom. The van der Waals surface area contributed by atoms with E-state index >= 15 is 0 Å². The van der Waals surface area contributed by atoms with Crippen LogP contribution >= 0.6 is 0 Å². The minimum absolute atomic E-state index is 0.355. The summed E-state index contributed by atoms with van der Waals surface area (Å²) in [5.41, 5.74) is -1.22. The van der Waals surface area contributed by atoms with Gasteiger partial charge in [0, 0.05) is 11.6 Å². The van der Waals surface area contributed by atoms with Gasteiger partial charge >= 0.3 is 11.7 Å². The Balaban J connectivity index is 3.31. The maximum Gasteiger partial charge on any atom is 0.315 e. The number of phenols is 2. The number of Topliss-reactive ketones (excluding diaryl/α,β-unsaturated/α-hetero) is 1. The predicted molar refractivity (Wildman–Crippen MR) is 57.6 cm³/mol. The first-order chi connectivity index (χ1) is 8.25. The van der Waals surface area contributed by atoms with E-state index in [1.807, 2.05) is 0 Å². The molecule has 1 atom stereocenters. The van der Waals surface area contributed by atoms with Gasteiger partial charge in [0.05, 0.1) is 4.92 Å². The molecule has 0 aromatic heterocycles. The zero-order valence-corrected chi connectivity index (χ0v) is 9.15. The minimum Gasteiger partial charge on any atom is -0.504 e. The maximum atomic E-state index is 11.6. The van der Waals surface area contributed by atoms with Crippen LogP contribution in [0.3, 0.4) is 0 Å². The lowest BCUT2D eigenvalue weighted by atomic mass is 9.98. The fourth-order valence-corrected chi connectivity index (χ4v) is 1.25. The van der Waals surface area contributed by atoms with Crippen molar-refractivity contribution in [3.63, 3.8) is 0 Å². The second-order valence-corrected chi connectivity index (χ2v) is 3.54. The van der Waals surface area contributed by atoms with E-state index in [0.29, 0.717) is 0 Å². The molecule has 0 saturated carbocycles. The molecular formula is C10H9NO7. The van der Waals surface area contributed by atoms with Crippen LogP contribution in [0.25, 0.3) is 0 Å². The molecule has 1 unspecified atom stereocenters. The van der Waals surface area contributed by atoms with Crippen molar-refractivity contribution in [1.29, 1.82) is 0 Å². The standard InChI is InChI=1S/C10H9NO7/c1-4(10(15)16)8(13)5-2-6(11(17)18)9(14)7(12)3-5/h2-4,12,14H,1H3,(H,15,16). The van der Waals surface area contributed by atoms with Crippen LogP contribution in [0.4, 0.5) is 5.69 Å². The molecule has 1 aromatic carbocycles. The first kappa shape index (κ1) is 13.4. The second kappa shape index (κ2) is 4.70. The Morgan fingerprint density at radius 1 is 1.33 bits per heavy atom. The van der Waals surface area contributed by atoms with Crippen LogP contribution in [0.2, 0.25) is 0 Å². The van der Waals surface area contributed by atoms with E-state index in [9.17, 15) is 29.9 Å². The lowest BCUT2D eigenvalue weighted by Gasteiger charge is -2.07. The SMILES string of the molecule is CC(C(=O)O)C(=O)c1cc(O)c(O)c([N+](=O)[O-])c1. The number of carbonyl (C=O) groups excluding carboxylic acids is 1. The van der Waals surface area contributed by atoms with E-state index in [0.717, 1.165) is 19.1 Å². The maximum absolute atomic E-state index is 11.6. The number of carboxylic acid groups (broad SMARTS) is 1. The van der Waals surface area contributed by atoms with Crippen LogP contribution in [0.5, 0.6) is 11.5 Å². The number of hydrogen-bond donors (Lipinski definition) is 3. The van der Waals surface area contributed by atoms with Crippen molar-refractivity contribution >= 4 is 17.4 Å². The fourth-order valence-electron chi connectivity index (χ4n) is 1.25. The Labute approximate surface area is 100 Å². The number of nitro benzene ring substituents is 1. The smallest absolute Gasteiger partial charge is 0.315 e. The fraction of sp³-hybridized carbons (Fsp3) is 0.200. The summed E-state index contributed by atoms with van der Waals surface area (Å²) in [7, 11) is 0. The summed E-state index contributed by atoms with van der Waals surface area (Å²) >= 11 is 0. The Bertz CT molecular complexity index is 537. The lowest BCUT2D eigenvalue weighted by Crippen LogP contribution is -2.20. The Kier molecular flexibility index (Phi) is 3.50. The molecule has 0 aliphatic heterocycles. The van der Waals surface area contributed by atoms with Gasteiger partial charge in [-0.05, 0) is 13.0 Å². The van der Waals surface area contributed by atoms with Gasteiger partial charge in [-0.3, -0.25) is 19.7 Å². The zero-order valence-electron chi connectivity index (χ0n) is 9.15. The molecule has 0 fully saturated rings. The predicted octanol–water partition coefficient (Wildman–Crippen LogP) is 0.909. The highest BCUT2D eigenvalue weighted by molar-refractivity contribution is 6.08. The highest BCUT2D eigenvalue weighted by Crippen LogP contribution is 2.36. The molecule has 0 saturated heterocycles. The normalized spacial score (nSPS) is 11.8. The second-order valence-electron chi connectivity index (χ2n) is 3.54. The number of ketones is 1. The molecule has 96 valence electrons. The highest BCUT2D eigenvalue weighted by atomic mass is 16.6. The van der Waals surface area contributed by atoms with Gasteiger partial charge in [-0.1, -0.05) is 0 Å². The molecule has 0 bridgehead atoms. The molecule has 0 radical (unpaired) electrons. The quantitative estimate of drug-likeness (QED) is 0.239. The number of hydrogen-bond acceptors (Lipinski definition) is 6. The van der Waals surface area contributed by atoms with E-state index in [2.05, 4.69) is 0 Å². The number of nitrogens with zero attached hydrogens (tertiary/aromatic N) is 1. The van der Waals surface area contributed by atoms with Gasteiger partial charge in [-0.15, -0.1) is 0 Å². The van der Waals surface area contributed by atoms with Crippen LogP contribution in [0, 0.1) is 16.0 Å². The average Bonchev–Trinajstić information content (AvgIpc) is 2.29. The molecular weight excluding hydrogens is 246 g/mol. The molecule has 1 rings (SSSR count). The molecule has 0 aliphatic rings. The number of aromatic hydroxyl groups is 2. The monoisotopic (exact) mass is 255 g/mol. The Hall–Kier alpha value is -2.64. The van der Waals surface area contributed by atoms with Gasteiger partial charge in [-0.2, -0.15) is 0 Å². The van der Waals surface area contributed by atoms with Crippen molar-refractivity contribution in [3.05, 3.63) is 27.8 Å². The van der Waals surface area contributed by atoms with E-state index in [1.54, 1.807) is 0 Å². The molecule has 1 aromatic rings. The van der Waals surface area contributed by atoms with Crippen molar-refractivity contribution in [1.82, 2.24) is 0 Å². The van der Waals surface area contributed by atoms with Crippen molar-refractivity contribution < 1.29 is 29.8 Å². The largest absolute Gasteiger partial charge is 0.504 e. The van der Waals surface area contributed by atoms with Crippen molar-refractivity contribution in [2.24, 2.45) is 5.92 Å². The van der Waals surface area contributed by atoms with Crippen molar-refractivity contribution in [3.8, 4) is 11.5 Å². The van der Waals surface area contributed by atoms with Crippen LogP contribution in [0.1, 0.15) is 17.3 Å². The molecule has 3 N–H and O–H groups in total. The van der Waals surface area contributed by atoms with Gasteiger partial charge < -0.3 is 15.3 Å². The van der Waals surface area contributed by atoms with Crippen molar-refractivity contribution in [2.75, 3.05) is 0 Å². The third-order valence-electron chi connectivity index (χ3n) is 2.31. The number of carboxylic acids is 1. The third kappa shape index (κ3) is 2.37. The van der Waals surface area contributed by atoms with Gasteiger partial charge in [0.15, 0.2) is 11.5 Å². The molecule has 8 nitrogen and oxygen atoms in total. The van der Waals surface area contributed by atoms with E-state index in [4.69, 9.17) is 5.11 Å². The summed E-state index contributed by atoms with van der Waals surface area (Å²) in [6, 6.07) is 1.50. The van der Waals surface area contributed by atoms with Crippen LogP contribution in [-0.2, 0) is 4.79 Å². The van der Waals surface area contributed by atoms with Gasteiger partial charge in [0.2, 0.25) is 5.75 Å². The minimum atomic E-state index is -1.41. The zero-order chi connectivity index (χ0) is 14.0. The van der Waals surface area contributed by atoms with E-state index in [-0.39, 0.29) is 5.56 Å². The van der Waals surface area contributed by atoms with E-state index in [1.165, 1.54) is 0 Å². The third-order valence-corrected chi connectivity index (χ3v) is 2.31. The van der Waals surface area contributed by atoms with Gasteiger partial charge in [0.1, 0.15) is 5.92 Å². The molecule has 18 heavy (non-hydrogen) atoms. The van der Waals surface area contributed by atoms with Gasteiger partial charge in [-0.25, -0.2) is 0 Å². The summed E-state index contributed by atoms with van der Waals surface area (Å²) in [4.78, 5) is 31.8. The van der Waals surface area contributed by atoms with Crippen LogP contribution in [-0.4, -0.2) is 32.0 Å². The number of benzene rings is 1. The molecule has 0 aliphatic carbocycles. The Morgan fingerprint density at radius 2 is 1.89 bits per heavy atom. The summed E-state index contributed by atoms with van der Waals surface area (Å²) in [6.45, 7) is 1.11. The number of carbonyl (C=O) groups is 2. The summed E-state index contributed by atoms with van der Waals surface area (Å²) in [5, 5.41) is 37.7. The van der Waals surface area contributed by atoms with E-state index < -0.39 is 39.8 Å². The summed E-state index contributed by atoms with van der Waals surface area (Å²) in [5.74, 6) is -5.53. The topological polar surface area (TPSA) is 138 Å². The summed E-state index contributed by atoms with van der Waals surface area (Å²) in [6.07, 6.45) is 0. The molecule has 8 heteroatoms. The van der Waals surface area contributed by atoms with Crippen LogP contribution in [0.15, 0.2) is 12.1 Å². The molecule has 0 heterocycles. The summed E-state index contributed by atoms with van der Waals surface area (Å²) < 4.78 is 0. The first-order valence-electron chi connectivity index (χ1n) is 4.73. The number of nitro groups is 1. The van der Waals surface area contributed by atoms with Gasteiger partial charge in [0.25, 0.3) is 0 Å². The van der Waals surface area contributed by atoms with Crippen molar-refractivity contribution in [2.45, 2.75) is 6.92 Å². The van der Waals surface area contributed by atoms with Crippen LogP contribution < -0.4 is 0 Å². The number of aliphatic carboxylic acids is 1. The molecule has 0 amide bonds. The molecule has 0 spiro atoms. The number of rotatable bonds is 4. The highest BCUT2D eigenvalue weighted by Gasteiger charge is 2.27. The number of phenolic OH excluding ortho intramolecular Hbond substituents is 2. The first-order valence-corrected chi connectivity index (χ1v) is 4.73. The lowest BCUT2D eigenvalue weighted by molar-refractivity contribution is -0.386.